The molecule has 5 heteroatoms. The number of carbonyl (C=O) groups is 2. The second-order valence-electron chi connectivity index (χ2n) is 5.35. The van der Waals surface area contributed by atoms with Gasteiger partial charge in [0.25, 0.3) is 0 Å². The molecule has 0 aliphatic rings. The summed E-state index contributed by atoms with van der Waals surface area (Å²) in [5.41, 5.74) is 6.84. The summed E-state index contributed by atoms with van der Waals surface area (Å²) in [5.74, 6) is -0.211. The molecule has 21 heavy (non-hydrogen) atoms. The average Bonchev–Trinajstić information content (AvgIpc) is 2.48. The number of amides is 2. The van der Waals surface area contributed by atoms with Gasteiger partial charge >= 0.3 is 0 Å². The van der Waals surface area contributed by atoms with Crippen LogP contribution < -0.4 is 11.1 Å². The minimum atomic E-state index is -0.862. The van der Waals surface area contributed by atoms with Crippen molar-refractivity contribution in [3.63, 3.8) is 0 Å². The minimum absolute atomic E-state index is 0.0218. The number of nitrogens with two attached hydrogens (primary N) is 1. The van der Waals surface area contributed by atoms with Crippen molar-refractivity contribution >= 4 is 17.5 Å². The first kappa shape index (κ1) is 17.2. The van der Waals surface area contributed by atoms with Crippen LogP contribution in [0.25, 0.3) is 0 Å². The third-order valence-corrected chi connectivity index (χ3v) is 3.92. The molecule has 1 rings (SSSR count). The molecule has 0 aliphatic carbocycles. The van der Waals surface area contributed by atoms with Crippen LogP contribution in [0.5, 0.6) is 0 Å². The zero-order valence-electron chi connectivity index (χ0n) is 13.3. The molecule has 1 aromatic rings. The Bertz CT molecular complexity index is 510. The second-order valence-corrected chi connectivity index (χ2v) is 5.35. The van der Waals surface area contributed by atoms with E-state index >= 15 is 0 Å². The Balaban J connectivity index is 2.94. The summed E-state index contributed by atoms with van der Waals surface area (Å²) < 4.78 is 0. The van der Waals surface area contributed by atoms with Gasteiger partial charge in [-0.05, 0) is 24.5 Å². The van der Waals surface area contributed by atoms with Gasteiger partial charge in [-0.1, -0.05) is 32.0 Å². The summed E-state index contributed by atoms with van der Waals surface area (Å²) in [6, 6.07) is 7.45. The summed E-state index contributed by atoms with van der Waals surface area (Å²) in [5, 5.41) is 2.90. The Labute approximate surface area is 126 Å². The van der Waals surface area contributed by atoms with Crippen molar-refractivity contribution in [1.29, 1.82) is 0 Å². The SMILES string of the molecule is CCC(N)(CC)C(=O)Nc1ccccc1CN(C)C(C)=O. The van der Waals surface area contributed by atoms with Gasteiger partial charge in [0, 0.05) is 26.2 Å². The molecular weight excluding hydrogens is 266 g/mol. The first-order valence-corrected chi connectivity index (χ1v) is 7.24. The van der Waals surface area contributed by atoms with Gasteiger partial charge in [-0.15, -0.1) is 0 Å². The third kappa shape index (κ3) is 4.29. The van der Waals surface area contributed by atoms with Crippen LogP contribution in [-0.2, 0) is 16.1 Å². The number of rotatable bonds is 6. The predicted octanol–water partition coefficient (Wildman–Crippen LogP) is 2.12. The van der Waals surface area contributed by atoms with E-state index in [0.29, 0.717) is 25.1 Å². The molecule has 2 amide bonds. The smallest absolute Gasteiger partial charge is 0.244 e. The first-order valence-electron chi connectivity index (χ1n) is 7.24. The van der Waals surface area contributed by atoms with Crippen molar-refractivity contribution in [2.45, 2.75) is 45.7 Å². The Morgan fingerprint density at radius 3 is 2.33 bits per heavy atom. The Morgan fingerprint density at radius 2 is 1.81 bits per heavy atom. The van der Waals surface area contributed by atoms with Crippen LogP contribution in [0.1, 0.15) is 39.2 Å². The number of benzene rings is 1. The summed E-state index contributed by atoms with van der Waals surface area (Å²) in [6.45, 7) is 5.76. The lowest BCUT2D eigenvalue weighted by atomic mass is 9.93. The molecule has 116 valence electrons. The number of carbonyl (C=O) groups excluding carboxylic acids is 2. The van der Waals surface area contributed by atoms with Crippen LogP contribution in [0.2, 0.25) is 0 Å². The summed E-state index contributed by atoms with van der Waals surface area (Å²) in [7, 11) is 1.73. The van der Waals surface area contributed by atoms with Crippen molar-refractivity contribution in [3.05, 3.63) is 29.8 Å². The van der Waals surface area contributed by atoms with Crippen LogP contribution in [0, 0.1) is 0 Å². The fourth-order valence-corrected chi connectivity index (χ4v) is 1.96. The number of para-hydroxylation sites is 1. The highest BCUT2D eigenvalue weighted by Gasteiger charge is 2.30. The van der Waals surface area contributed by atoms with Crippen molar-refractivity contribution in [2.24, 2.45) is 5.73 Å². The van der Waals surface area contributed by atoms with Gasteiger partial charge < -0.3 is 16.0 Å². The number of nitrogens with zero attached hydrogens (tertiary/aromatic N) is 1. The van der Waals surface area contributed by atoms with E-state index in [2.05, 4.69) is 5.32 Å². The van der Waals surface area contributed by atoms with Gasteiger partial charge in [-0.25, -0.2) is 0 Å². The molecule has 0 saturated heterocycles. The first-order chi connectivity index (χ1) is 9.84. The summed E-state index contributed by atoms with van der Waals surface area (Å²) in [4.78, 5) is 25.3. The van der Waals surface area contributed by atoms with Crippen LogP contribution in [-0.4, -0.2) is 29.3 Å². The fourth-order valence-electron chi connectivity index (χ4n) is 1.96. The monoisotopic (exact) mass is 291 g/mol. The zero-order chi connectivity index (χ0) is 16.0. The molecule has 0 unspecified atom stereocenters. The number of hydrogen-bond donors (Lipinski definition) is 2. The lowest BCUT2D eigenvalue weighted by molar-refractivity contribution is -0.128. The standard InChI is InChI=1S/C16H25N3O2/c1-5-16(17,6-2)15(21)18-14-10-8-7-9-13(14)11-19(4)12(3)20/h7-10H,5-6,11,17H2,1-4H3,(H,18,21). The highest BCUT2D eigenvalue weighted by molar-refractivity contribution is 5.98. The van der Waals surface area contributed by atoms with Gasteiger partial charge in [-0.2, -0.15) is 0 Å². The van der Waals surface area contributed by atoms with Gasteiger partial charge in [0.05, 0.1) is 5.54 Å². The highest BCUT2D eigenvalue weighted by atomic mass is 16.2. The lowest BCUT2D eigenvalue weighted by Gasteiger charge is -2.26. The molecule has 0 heterocycles. The molecule has 0 saturated carbocycles. The number of nitrogens with one attached hydrogen (secondary N) is 1. The van der Waals surface area contributed by atoms with E-state index in [-0.39, 0.29) is 11.8 Å². The molecule has 0 spiro atoms. The third-order valence-electron chi connectivity index (χ3n) is 3.92. The number of hydrogen-bond acceptors (Lipinski definition) is 3. The molecule has 1 aromatic carbocycles. The fraction of sp³-hybridized carbons (Fsp3) is 0.500. The molecule has 0 bridgehead atoms. The van der Waals surface area contributed by atoms with Crippen LogP contribution in [0.15, 0.2) is 24.3 Å². The minimum Gasteiger partial charge on any atom is -0.342 e. The Kier molecular flexibility index (Phi) is 5.90. The maximum Gasteiger partial charge on any atom is 0.244 e. The van der Waals surface area contributed by atoms with Gasteiger partial charge in [-0.3, -0.25) is 9.59 Å². The second kappa shape index (κ2) is 7.22. The van der Waals surface area contributed by atoms with Crippen molar-refractivity contribution in [2.75, 3.05) is 12.4 Å². The van der Waals surface area contributed by atoms with E-state index in [1.54, 1.807) is 11.9 Å². The summed E-state index contributed by atoms with van der Waals surface area (Å²) in [6.07, 6.45) is 1.15. The molecule has 3 N–H and O–H groups in total. The molecule has 0 aliphatic heterocycles. The average molecular weight is 291 g/mol. The van der Waals surface area contributed by atoms with E-state index in [1.807, 2.05) is 38.1 Å². The van der Waals surface area contributed by atoms with Crippen LogP contribution >= 0.6 is 0 Å². The zero-order valence-corrected chi connectivity index (χ0v) is 13.3. The van der Waals surface area contributed by atoms with Crippen molar-refractivity contribution in [1.82, 2.24) is 4.90 Å². The predicted molar refractivity (Wildman–Crippen MR) is 84.7 cm³/mol. The molecule has 5 nitrogen and oxygen atoms in total. The van der Waals surface area contributed by atoms with E-state index < -0.39 is 5.54 Å². The van der Waals surface area contributed by atoms with Crippen LogP contribution in [0.3, 0.4) is 0 Å². The van der Waals surface area contributed by atoms with Crippen molar-refractivity contribution < 1.29 is 9.59 Å². The van der Waals surface area contributed by atoms with Gasteiger partial charge in [0.2, 0.25) is 11.8 Å². The lowest BCUT2D eigenvalue weighted by Crippen LogP contribution is -2.50. The molecule has 0 atom stereocenters. The van der Waals surface area contributed by atoms with E-state index in [0.717, 1.165) is 5.56 Å². The number of anilines is 1. The van der Waals surface area contributed by atoms with Gasteiger partial charge in [0.1, 0.15) is 0 Å². The Hall–Kier alpha value is -1.88. The molecule has 0 radical (unpaired) electrons. The largest absolute Gasteiger partial charge is 0.342 e. The summed E-state index contributed by atoms with van der Waals surface area (Å²) >= 11 is 0. The van der Waals surface area contributed by atoms with Crippen LogP contribution in [0.4, 0.5) is 5.69 Å². The van der Waals surface area contributed by atoms with Gasteiger partial charge in [0.15, 0.2) is 0 Å². The van der Waals surface area contributed by atoms with E-state index in [1.165, 1.54) is 6.92 Å². The maximum atomic E-state index is 12.4. The maximum absolute atomic E-state index is 12.4. The highest BCUT2D eigenvalue weighted by Crippen LogP contribution is 2.20. The van der Waals surface area contributed by atoms with Crippen molar-refractivity contribution in [3.8, 4) is 0 Å². The molecule has 0 aromatic heterocycles. The quantitative estimate of drug-likeness (QED) is 0.843. The topological polar surface area (TPSA) is 75.4 Å². The Morgan fingerprint density at radius 1 is 1.24 bits per heavy atom. The molecule has 0 fully saturated rings. The normalized spacial score (nSPS) is 11.1. The van der Waals surface area contributed by atoms with E-state index in [9.17, 15) is 9.59 Å². The van der Waals surface area contributed by atoms with E-state index in [4.69, 9.17) is 5.73 Å². The molecular formula is C16H25N3O2.